The largest absolute Gasteiger partial charge is 0.331 e. The van der Waals surface area contributed by atoms with Gasteiger partial charge in [0.05, 0.1) is 0 Å². The molecule has 10 heavy (non-hydrogen) atoms. The minimum atomic E-state index is 0.595. The summed E-state index contributed by atoms with van der Waals surface area (Å²) in [6.45, 7) is 2.52. The Kier molecular flexibility index (Phi) is 2.04. The topological polar surface area (TPSA) is 49.0 Å². The molecule has 54 valence electrons. The van der Waals surface area contributed by atoms with E-state index in [2.05, 4.69) is 9.97 Å². The van der Waals surface area contributed by atoms with Gasteiger partial charge in [-0.2, -0.15) is 0 Å². The fraction of sp³-hybridized carbons (Fsp3) is 0.333. The fourth-order valence-corrected chi connectivity index (χ4v) is 0.688. The molecule has 1 N–H and O–H groups in total. The Bertz CT molecular complexity index is 195. The molecule has 1 heterocycles. The molecule has 4 heteroatoms. The van der Waals surface area contributed by atoms with Crippen molar-refractivity contribution in [1.29, 1.82) is 0 Å². The zero-order chi connectivity index (χ0) is 7.40. The highest BCUT2D eigenvalue weighted by Gasteiger charge is 2.01. The van der Waals surface area contributed by atoms with Crippen molar-refractivity contribution < 1.29 is 4.79 Å². The van der Waals surface area contributed by atoms with Crippen LogP contribution >= 0.6 is 0 Å². The van der Waals surface area contributed by atoms with E-state index in [-0.39, 0.29) is 0 Å². The lowest BCUT2D eigenvalue weighted by atomic mass is 10.6. The molecule has 1 rings (SSSR count). The molecular weight excluding hydrogens is 130 g/mol. The number of hydrogen-bond donors (Lipinski definition) is 1. The first-order chi connectivity index (χ1) is 4.88. The number of imidazole rings is 1. The summed E-state index contributed by atoms with van der Waals surface area (Å²) in [6.07, 6.45) is 4.04. The Hall–Kier alpha value is -1.32. The number of rotatable bonds is 3. The van der Waals surface area contributed by atoms with Gasteiger partial charge in [0, 0.05) is 18.9 Å². The molecule has 0 aliphatic heterocycles. The van der Waals surface area contributed by atoms with Crippen LogP contribution in [0.15, 0.2) is 12.4 Å². The molecule has 0 aliphatic rings. The van der Waals surface area contributed by atoms with Crippen LogP contribution in [-0.4, -0.2) is 22.9 Å². The van der Waals surface area contributed by atoms with Gasteiger partial charge >= 0.3 is 0 Å². The summed E-state index contributed by atoms with van der Waals surface area (Å²) in [5.74, 6) is 0.595. The highest BCUT2D eigenvalue weighted by atomic mass is 16.1. The molecule has 1 aromatic rings. The second kappa shape index (κ2) is 3.00. The first-order valence-corrected chi connectivity index (χ1v) is 3.09. The molecule has 0 atom stereocenters. The van der Waals surface area contributed by atoms with Gasteiger partial charge in [0.1, 0.15) is 0 Å². The summed E-state index contributed by atoms with van der Waals surface area (Å²) in [4.78, 5) is 18.5. The van der Waals surface area contributed by atoms with E-state index >= 15 is 0 Å². The quantitative estimate of drug-likeness (QED) is 0.616. The summed E-state index contributed by atoms with van der Waals surface area (Å²) in [7, 11) is 0. The van der Waals surface area contributed by atoms with E-state index in [0.29, 0.717) is 12.5 Å². The molecule has 0 aliphatic carbocycles. The third-order valence-corrected chi connectivity index (χ3v) is 1.22. The van der Waals surface area contributed by atoms with Crippen LogP contribution in [0.2, 0.25) is 0 Å². The van der Waals surface area contributed by atoms with E-state index in [0.717, 1.165) is 6.41 Å². The minimum absolute atomic E-state index is 0.595. The van der Waals surface area contributed by atoms with Gasteiger partial charge in [0.15, 0.2) is 0 Å². The van der Waals surface area contributed by atoms with Crippen LogP contribution in [0, 0.1) is 0 Å². The van der Waals surface area contributed by atoms with Crippen LogP contribution in [0.25, 0.3) is 0 Å². The lowest BCUT2D eigenvalue weighted by Gasteiger charge is -2.08. The number of amides is 1. The van der Waals surface area contributed by atoms with Crippen LogP contribution in [0.3, 0.4) is 0 Å². The van der Waals surface area contributed by atoms with Crippen molar-refractivity contribution in [3.8, 4) is 0 Å². The molecule has 0 saturated heterocycles. The van der Waals surface area contributed by atoms with Crippen LogP contribution in [0.1, 0.15) is 6.92 Å². The van der Waals surface area contributed by atoms with E-state index in [1.807, 2.05) is 6.92 Å². The lowest BCUT2D eigenvalue weighted by Crippen LogP contribution is -2.21. The third kappa shape index (κ3) is 1.15. The number of nitrogens with zero attached hydrogens (tertiary/aromatic N) is 2. The predicted molar refractivity (Wildman–Crippen MR) is 37.7 cm³/mol. The van der Waals surface area contributed by atoms with Gasteiger partial charge in [-0.25, -0.2) is 4.98 Å². The van der Waals surface area contributed by atoms with E-state index in [1.54, 1.807) is 12.4 Å². The van der Waals surface area contributed by atoms with Crippen molar-refractivity contribution in [3.05, 3.63) is 12.4 Å². The van der Waals surface area contributed by atoms with Crippen molar-refractivity contribution in [2.75, 3.05) is 11.4 Å². The van der Waals surface area contributed by atoms with Crippen molar-refractivity contribution >= 4 is 12.4 Å². The zero-order valence-electron chi connectivity index (χ0n) is 5.74. The molecule has 0 bridgehead atoms. The van der Waals surface area contributed by atoms with Crippen molar-refractivity contribution in [1.82, 2.24) is 9.97 Å². The summed E-state index contributed by atoms with van der Waals surface area (Å²) in [5.41, 5.74) is 0. The van der Waals surface area contributed by atoms with Gasteiger partial charge in [0.25, 0.3) is 0 Å². The fourth-order valence-electron chi connectivity index (χ4n) is 0.688. The zero-order valence-corrected chi connectivity index (χ0v) is 5.74. The number of aromatic amines is 1. The van der Waals surface area contributed by atoms with Crippen LogP contribution in [0.4, 0.5) is 5.95 Å². The number of nitrogens with one attached hydrogen (secondary N) is 1. The molecular formula is C6H9N3O. The number of aromatic nitrogens is 2. The van der Waals surface area contributed by atoms with Gasteiger partial charge in [0.2, 0.25) is 12.4 Å². The van der Waals surface area contributed by atoms with Crippen LogP contribution in [-0.2, 0) is 4.79 Å². The summed E-state index contributed by atoms with van der Waals surface area (Å²) in [6, 6.07) is 0. The van der Waals surface area contributed by atoms with Gasteiger partial charge < -0.3 is 4.98 Å². The molecule has 0 radical (unpaired) electrons. The van der Waals surface area contributed by atoms with Crippen LogP contribution in [0.5, 0.6) is 0 Å². The minimum Gasteiger partial charge on any atom is -0.331 e. The Morgan fingerprint density at radius 2 is 2.70 bits per heavy atom. The van der Waals surface area contributed by atoms with Crippen molar-refractivity contribution in [2.24, 2.45) is 0 Å². The lowest BCUT2D eigenvalue weighted by molar-refractivity contribution is -0.107. The molecule has 0 saturated carbocycles. The standard InChI is InChI=1S/C6H9N3O/c1-2-9(5-10)6-7-3-4-8-6/h3-5H,2H2,1H3,(H,7,8). The van der Waals surface area contributed by atoms with E-state index in [1.165, 1.54) is 4.90 Å². The molecule has 0 spiro atoms. The molecule has 0 unspecified atom stereocenters. The van der Waals surface area contributed by atoms with E-state index in [9.17, 15) is 4.79 Å². The van der Waals surface area contributed by atoms with Gasteiger partial charge in [-0.05, 0) is 6.92 Å². The van der Waals surface area contributed by atoms with E-state index < -0.39 is 0 Å². The second-order valence-electron chi connectivity index (χ2n) is 1.80. The van der Waals surface area contributed by atoms with Gasteiger partial charge in [-0.15, -0.1) is 0 Å². The first kappa shape index (κ1) is 6.80. The second-order valence-corrected chi connectivity index (χ2v) is 1.80. The number of anilines is 1. The molecule has 4 nitrogen and oxygen atoms in total. The maximum absolute atomic E-state index is 10.3. The maximum atomic E-state index is 10.3. The molecule has 0 fully saturated rings. The van der Waals surface area contributed by atoms with Crippen molar-refractivity contribution in [2.45, 2.75) is 6.92 Å². The molecule has 1 aromatic heterocycles. The smallest absolute Gasteiger partial charge is 0.216 e. The average Bonchev–Trinajstić information content (AvgIpc) is 2.43. The Balaban J connectivity index is 2.73. The monoisotopic (exact) mass is 139 g/mol. The normalized spacial score (nSPS) is 9.30. The summed E-state index contributed by atoms with van der Waals surface area (Å²) >= 11 is 0. The first-order valence-electron chi connectivity index (χ1n) is 3.09. The van der Waals surface area contributed by atoms with Crippen molar-refractivity contribution in [3.63, 3.8) is 0 Å². The SMILES string of the molecule is CCN(C=O)c1ncc[nH]1. The highest BCUT2D eigenvalue weighted by Crippen LogP contribution is 2.00. The summed E-state index contributed by atoms with van der Waals surface area (Å²) < 4.78 is 0. The van der Waals surface area contributed by atoms with Crippen LogP contribution < -0.4 is 4.90 Å². The van der Waals surface area contributed by atoms with Gasteiger partial charge in [-0.1, -0.05) is 0 Å². The molecule has 1 amide bonds. The Morgan fingerprint density at radius 3 is 3.10 bits per heavy atom. The maximum Gasteiger partial charge on any atom is 0.216 e. The highest BCUT2D eigenvalue weighted by molar-refractivity contribution is 5.70. The third-order valence-electron chi connectivity index (χ3n) is 1.22. The average molecular weight is 139 g/mol. The number of carbonyl (C=O) groups is 1. The van der Waals surface area contributed by atoms with E-state index in [4.69, 9.17) is 0 Å². The summed E-state index contributed by atoms with van der Waals surface area (Å²) in [5, 5.41) is 0. The molecule has 0 aromatic carbocycles. The van der Waals surface area contributed by atoms with Gasteiger partial charge in [-0.3, -0.25) is 9.69 Å². The number of hydrogen-bond acceptors (Lipinski definition) is 2. The Labute approximate surface area is 58.9 Å². The number of H-pyrrole nitrogens is 1. The number of carbonyl (C=O) groups excluding carboxylic acids is 1. The Morgan fingerprint density at radius 1 is 1.90 bits per heavy atom. The predicted octanol–water partition coefficient (Wildman–Crippen LogP) is 0.392.